The van der Waals surface area contributed by atoms with Crippen LogP contribution in [0.5, 0.6) is 0 Å². The zero-order chi connectivity index (χ0) is 8.41. The molecule has 64 valence electrons. The molecule has 0 heterocycles. The van der Waals surface area contributed by atoms with Crippen LogP contribution in [0.2, 0.25) is 0 Å². The standard InChI is InChI=1S/C6H14FN.C2H6/c1-2-3-4-5-6(7)8;1-2/h6H,2-5,8H2,1H3;1-2H3. The Morgan fingerprint density at radius 2 is 1.80 bits per heavy atom. The predicted molar refractivity (Wildman–Crippen MR) is 44.6 cm³/mol. The van der Waals surface area contributed by atoms with E-state index >= 15 is 0 Å². The lowest BCUT2D eigenvalue weighted by atomic mass is 10.2. The van der Waals surface area contributed by atoms with E-state index < -0.39 is 6.30 Å². The third-order valence-corrected chi connectivity index (χ3v) is 1.08. The van der Waals surface area contributed by atoms with Gasteiger partial charge in [-0.2, -0.15) is 0 Å². The zero-order valence-electron chi connectivity index (χ0n) is 7.36. The fourth-order valence-electron chi connectivity index (χ4n) is 0.589. The second-order valence-electron chi connectivity index (χ2n) is 2.01. The van der Waals surface area contributed by atoms with E-state index in [0.29, 0.717) is 6.42 Å². The molecular weight excluding hydrogens is 129 g/mol. The van der Waals surface area contributed by atoms with E-state index in [1.165, 1.54) is 0 Å². The summed E-state index contributed by atoms with van der Waals surface area (Å²) in [6.45, 7) is 6.09. The van der Waals surface area contributed by atoms with Crippen molar-refractivity contribution in [3.63, 3.8) is 0 Å². The highest BCUT2D eigenvalue weighted by atomic mass is 19.1. The molecule has 10 heavy (non-hydrogen) atoms. The van der Waals surface area contributed by atoms with Gasteiger partial charge in [-0.1, -0.05) is 33.6 Å². The number of hydrogen-bond donors (Lipinski definition) is 1. The minimum atomic E-state index is -1.10. The summed E-state index contributed by atoms with van der Waals surface area (Å²) < 4.78 is 11.8. The van der Waals surface area contributed by atoms with Crippen molar-refractivity contribution in [3.05, 3.63) is 0 Å². The molecule has 1 unspecified atom stereocenters. The molecule has 0 bridgehead atoms. The fourth-order valence-corrected chi connectivity index (χ4v) is 0.589. The molecule has 2 N–H and O–H groups in total. The Balaban J connectivity index is 0. The first-order valence-electron chi connectivity index (χ1n) is 4.17. The first-order valence-corrected chi connectivity index (χ1v) is 4.17. The Kier molecular flexibility index (Phi) is 14.6. The lowest BCUT2D eigenvalue weighted by Gasteiger charge is -1.97. The SMILES string of the molecule is CC.CCCCCC(N)F. The maximum absolute atomic E-state index is 11.8. The summed E-state index contributed by atoms with van der Waals surface area (Å²) in [5, 5.41) is 0. The second-order valence-corrected chi connectivity index (χ2v) is 2.01. The van der Waals surface area contributed by atoms with E-state index in [-0.39, 0.29) is 0 Å². The van der Waals surface area contributed by atoms with E-state index in [4.69, 9.17) is 5.73 Å². The van der Waals surface area contributed by atoms with Crippen molar-refractivity contribution < 1.29 is 4.39 Å². The highest BCUT2D eigenvalue weighted by Crippen LogP contribution is 2.01. The van der Waals surface area contributed by atoms with Gasteiger partial charge in [0.15, 0.2) is 0 Å². The van der Waals surface area contributed by atoms with E-state index in [9.17, 15) is 4.39 Å². The van der Waals surface area contributed by atoms with Crippen molar-refractivity contribution in [2.24, 2.45) is 5.73 Å². The molecule has 0 saturated heterocycles. The van der Waals surface area contributed by atoms with Crippen molar-refractivity contribution in [1.29, 1.82) is 0 Å². The second kappa shape index (κ2) is 11.7. The van der Waals surface area contributed by atoms with Crippen molar-refractivity contribution in [1.82, 2.24) is 0 Å². The Morgan fingerprint density at radius 3 is 2.10 bits per heavy atom. The van der Waals surface area contributed by atoms with E-state index in [1.807, 2.05) is 13.8 Å². The Morgan fingerprint density at radius 1 is 1.30 bits per heavy atom. The molecule has 0 amide bonds. The quantitative estimate of drug-likeness (QED) is 0.482. The van der Waals surface area contributed by atoms with Gasteiger partial charge < -0.3 is 5.73 Å². The molecule has 0 aromatic rings. The van der Waals surface area contributed by atoms with Crippen molar-refractivity contribution in [2.45, 2.75) is 52.8 Å². The summed E-state index contributed by atoms with van der Waals surface area (Å²) in [5.41, 5.74) is 4.87. The summed E-state index contributed by atoms with van der Waals surface area (Å²) in [5.74, 6) is 0. The average Bonchev–Trinajstić information content (AvgIpc) is 1.92. The summed E-state index contributed by atoms with van der Waals surface area (Å²) in [7, 11) is 0. The molecule has 0 aliphatic carbocycles. The highest BCUT2D eigenvalue weighted by Gasteiger charge is 1.94. The molecular formula is C8H20FN. The van der Waals surface area contributed by atoms with E-state index in [0.717, 1.165) is 19.3 Å². The van der Waals surface area contributed by atoms with E-state index in [1.54, 1.807) is 0 Å². The summed E-state index contributed by atoms with van der Waals surface area (Å²) in [6.07, 6.45) is 2.58. The molecule has 1 atom stereocenters. The van der Waals surface area contributed by atoms with Crippen LogP contribution in [0.25, 0.3) is 0 Å². The van der Waals surface area contributed by atoms with Gasteiger partial charge in [0.1, 0.15) is 6.30 Å². The lowest BCUT2D eigenvalue weighted by Crippen LogP contribution is -2.11. The van der Waals surface area contributed by atoms with Crippen LogP contribution in [-0.4, -0.2) is 6.30 Å². The molecule has 2 heteroatoms. The van der Waals surface area contributed by atoms with Crippen LogP contribution in [0.1, 0.15) is 46.5 Å². The molecule has 0 radical (unpaired) electrons. The van der Waals surface area contributed by atoms with Crippen LogP contribution < -0.4 is 5.73 Å². The smallest absolute Gasteiger partial charge is 0.148 e. The van der Waals surface area contributed by atoms with Crippen LogP contribution in [-0.2, 0) is 0 Å². The third-order valence-electron chi connectivity index (χ3n) is 1.08. The minimum Gasteiger partial charge on any atom is -0.302 e. The highest BCUT2D eigenvalue weighted by molar-refractivity contribution is 4.44. The Bertz CT molecular complexity index is 46.5. The van der Waals surface area contributed by atoms with Gasteiger partial charge in [0, 0.05) is 0 Å². The molecule has 0 rings (SSSR count). The number of rotatable bonds is 4. The van der Waals surface area contributed by atoms with Gasteiger partial charge in [0.25, 0.3) is 0 Å². The minimum absolute atomic E-state index is 0.522. The lowest BCUT2D eigenvalue weighted by molar-refractivity contribution is 0.315. The number of halogens is 1. The number of alkyl halides is 1. The predicted octanol–water partition coefficient (Wildman–Crippen LogP) is 2.85. The van der Waals surface area contributed by atoms with E-state index in [2.05, 4.69) is 6.92 Å². The van der Waals surface area contributed by atoms with Gasteiger partial charge in [0.05, 0.1) is 0 Å². The third kappa shape index (κ3) is 15.7. The van der Waals surface area contributed by atoms with Gasteiger partial charge in [-0.05, 0) is 12.8 Å². The van der Waals surface area contributed by atoms with Gasteiger partial charge in [-0.25, -0.2) is 4.39 Å². The summed E-state index contributed by atoms with van der Waals surface area (Å²) in [6, 6.07) is 0. The van der Waals surface area contributed by atoms with Crippen molar-refractivity contribution in [3.8, 4) is 0 Å². The van der Waals surface area contributed by atoms with Crippen LogP contribution >= 0.6 is 0 Å². The Hall–Kier alpha value is -0.110. The van der Waals surface area contributed by atoms with Crippen LogP contribution in [0.15, 0.2) is 0 Å². The first-order chi connectivity index (χ1) is 4.77. The van der Waals surface area contributed by atoms with Gasteiger partial charge >= 0.3 is 0 Å². The molecule has 0 aliphatic heterocycles. The number of nitrogens with two attached hydrogens (primary N) is 1. The fraction of sp³-hybridized carbons (Fsp3) is 1.00. The molecule has 1 nitrogen and oxygen atoms in total. The van der Waals surface area contributed by atoms with Crippen molar-refractivity contribution >= 4 is 0 Å². The molecule has 0 saturated carbocycles. The Labute approximate surface area is 63.8 Å². The van der Waals surface area contributed by atoms with Crippen LogP contribution in [0.4, 0.5) is 4.39 Å². The molecule has 0 aromatic carbocycles. The number of unbranched alkanes of at least 4 members (excludes halogenated alkanes) is 2. The van der Waals surface area contributed by atoms with Gasteiger partial charge in [-0.3, -0.25) is 0 Å². The first kappa shape index (κ1) is 12.6. The molecule has 0 spiro atoms. The van der Waals surface area contributed by atoms with Gasteiger partial charge in [-0.15, -0.1) is 0 Å². The normalized spacial score (nSPS) is 11.7. The summed E-state index contributed by atoms with van der Waals surface area (Å²) in [4.78, 5) is 0. The topological polar surface area (TPSA) is 26.0 Å². The van der Waals surface area contributed by atoms with Gasteiger partial charge in [0.2, 0.25) is 0 Å². The number of hydrogen-bond acceptors (Lipinski definition) is 1. The maximum atomic E-state index is 11.8. The monoisotopic (exact) mass is 149 g/mol. The maximum Gasteiger partial charge on any atom is 0.148 e. The summed E-state index contributed by atoms with van der Waals surface area (Å²) >= 11 is 0. The zero-order valence-corrected chi connectivity index (χ0v) is 7.36. The van der Waals surface area contributed by atoms with Crippen molar-refractivity contribution in [2.75, 3.05) is 0 Å². The van der Waals surface area contributed by atoms with Crippen LogP contribution in [0, 0.1) is 0 Å². The van der Waals surface area contributed by atoms with Crippen LogP contribution in [0.3, 0.4) is 0 Å². The molecule has 0 aromatic heterocycles. The molecule has 0 fully saturated rings. The largest absolute Gasteiger partial charge is 0.302 e. The average molecular weight is 149 g/mol. The molecule has 0 aliphatic rings.